The molecule has 22 heavy (non-hydrogen) atoms. The fourth-order valence-corrected chi connectivity index (χ4v) is 2.54. The fraction of sp³-hybridized carbons (Fsp3) is 0.375. The van der Waals surface area contributed by atoms with Gasteiger partial charge in [0.05, 0.1) is 37.7 Å². The van der Waals surface area contributed by atoms with E-state index in [0.717, 1.165) is 11.3 Å². The van der Waals surface area contributed by atoms with Crippen molar-refractivity contribution < 1.29 is 14.6 Å². The number of aliphatic hydroxyl groups excluding tert-OH is 1. The molecule has 1 amide bonds. The molecule has 1 aliphatic rings. The Hall–Kier alpha value is -2.18. The van der Waals surface area contributed by atoms with Gasteiger partial charge in [-0.1, -0.05) is 30.3 Å². The van der Waals surface area contributed by atoms with E-state index in [9.17, 15) is 4.79 Å². The first kappa shape index (κ1) is 14.7. The lowest BCUT2D eigenvalue weighted by molar-refractivity contribution is -0.138. The molecular formula is C16H19N3O3. The van der Waals surface area contributed by atoms with Gasteiger partial charge in [0.25, 0.3) is 0 Å². The van der Waals surface area contributed by atoms with E-state index in [1.165, 1.54) is 0 Å². The fourth-order valence-electron chi connectivity index (χ4n) is 2.54. The minimum atomic E-state index is -0.0753. The maximum absolute atomic E-state index is 12.2. The van der Waals surface area contributed by atoms with Crippen LogP contribution in [-0.2, 0) is 35.8 Å². The quantitative estimate of drug-likeness (QED) is 0.892. The van der Waals surface area contributed by atoms with Gasteiger partial charge in [0, 0.05) is 6.54 Å². The summed E-state index contributed by atoms with van der Waals surface area (Å²) in [7, 11) is 0. The Kier molecular flexibility index (Phi) is 4.50. The Morgan fingerprint density at radius 1 is 1.27 bits per heavy atom. The Bertz CT molecular complexity index is 639. The smallest absolute Gasteiger partial charge is 0.248 e. The second-order valence-corrected chi connectivity index (χ2v) is 5.30. The lowest BCUT2D eigenvalue weighted by Crippen LogP contribution is -2.40. The Balaban J connectivity index is 1.51. The number of benzene rings is 1. The molecule has 1 aliphatic heterocycles. The monoisotopic (exact) mass is 301 g/mol. The summed E-state index contributed by atoms with van der Waals surface area (Å²) in [5, 5.41) is 13.4. The van der Waals surface area contributed by atoms with Gasteiger partial charge in [-0.3, -0.25) is 9.48 Å². The molecule has 116 valence electrons. The molecule has 6 heteroatoms. The molecule has 0 unspecified atom stereocenters. The van der Waals surface area contributed by atoms with Crippen molar-refractivity contribution in [2.75, 3.05) is 13.2 Å². The lowest BCUT2D eigenvalue weighted by atomic mass is 10.2. The third-order valence-corrected chi connectivity index (χ3v) is 3.70. The van der Waals surface area contributed by atoms with Crippen LogP contribution < -0.4 is 0 Å². The summed E-state index contributed by atoms with van der Waals surface area (Å²) >= 11 is 0. The van der Waals surface area contributed by atoms with E-state index in [2.05, 4.69) is 5.10 Å². The lowest BCUT2D eigenvalue weighted by Gasteiger charge is -2.27. The molecule has 0 atom stereocenters. The number of rotatable bonds is 5. The SMILES string of the molecule is O=C(COCc1ccccc1)N1CCn2nc(CO)cc2C1. The summed E-state index contributed by atoms with van der Waals surface area (Å²) in [6, 6.07) is 11.6. The highest BCUT2D eigenvalue weighted by atomic mass is 16.5. The predicted molar refractivity (Wildman–Crippen MR) is 79.7 cm³/mol. The van der Waals surface area contributed by atoms with E-state index in [1.54, 1.807) is 4.90 Å². The Morgan fingerprint density at radius 2 is 2.09 bits per heavy atom. The summed E-state index contributed by atoms with van der Waals surface area (Å²) in [5.41, 5.74) is 2.65. The Morgan fingerprint density at radius 3 is 2.86 bits per heavy atom. The molecule has 1 aromatic heterocycles. The van der Waals surface area contributed by atoms with Gasteiger partial charge >= 0.3 is 0 Å². The molecule has 0 spiro atoms. The molecule has 6 nitrogen and oxygen atoms in total. The first-order valence-corrected chi connectivity index (χ1v) is 7.32. The number of nitrogens with zero attached hydrogens (tertiary/aromatic N) is 3. The number of hydrogen-bond donors (Lipinski definition) is 1. The van der Waals surface area contributed by atoms with Gasteiger partial charge in [-0.15, -0.1) is 0 Å². The molecule has 3 rings (SSSR count). The van der Waals surface area contributed by atoms with Crippen LogP contribution in [0.25, 0.3) is 0 Å². The highest BCUT2D eigenvalue weighted by Crippen LogP contribution is 2.14. The van der Waals surface area contributed by atoms with Gasteiger partial charge in [0.2, 0.25) is 5.91 Å². The van der Waals surface area contributed by atoms with Crippen LogP contribution in [0.5, 0.6) is 0 Å². The molecule has 0 bridgehead atoms. The van der Waals surface area contributed by atoms with Gasteiger partial charge in [0.1, 0.15) is 6.61 Å². The standard InChI is InChI=1S/C16H19N3O3/c20-10-14-8-15-9-18(6-7-19(15)17-14)16(21)12-22-11-13-4-2-1-3-5-13/h1-5,8,20H,6-7,9-12H2. The van der Waals surface area contributed by atoms with Crippen molar-refractivity contribution in [3.05, 3.63) is 53.3 Å². The number of fused-ring (bicyclic) bond motifs is 1. The maximum atomic E-state index is 12.2. The number of aromatic nitrogens is 2. The average Bonchev–Trinajstić information content (AvgIpc) is 2.98. The summed E-state index contributed by atoms with van der Waals surface area (Å²) < 4.78 is 7.34. The topological polar surface area (TPSA) is 67.6 Å². The van der Waals surface area contributed by atoms with E-state index in [0.29, 0.717) is 31.9 Å². The van der Waals surface area contributed by atoms with Crippen LogP contribution in [0.15, 0.2) is 36.4 Å². The van der Waals surface area contributed by atoms with Crippen LogP contribution in [0.1, 0.15) is 17.0 Å². The zero-order chi connectivity index (χ0) is 15.4. The molecule has 0 aliphatic carbocycles. The second kappa shape index (κ2) is 6.72. The van der Waals surface area contributed by atoms with Crippen LogP contribution in [-0.4, -0.2) is 38.8 Å². The number of hydrogen-bond acceptors (Lipinski definition) is 4. The minimum Gasteiger partial charge on any atom is -0.390 e. The Labute approximate surface area is 128 Å². The highest BCUT2D eigenvalue weighted by molar-refractivity contribution is 5.77. The van der Waals surface area contributed by atoms with Crippen molar-refractivity contribution in [3.63, 3.8) is 0 Å². The first-order chi connectivity index (χ1) is 10.8. The van der Waals surface area contributed by atoms with Crippen molar-refractivity contribution in [1.82, 2.24) is 14.7 Å². The minimum absolute atomic E-state index is 0.0195. The number of aliphatic hydroxyl groups is 1. The van der Waals surface area contributed by atoms with Gasteiger partial charge in [-0.2, -0.15) is 5.10 Å². The van der Waals surface area contributed by atoms with Gasteiger partial charge in [-0.05, 0) is 11.6 Å². The molecule has 1 aromatic carbocycles. The second-order valence-electron chi connectivity index (χ2n) is 5.30. The zero-order valence-electron chi connectivity index (χ0n) is 12.3. The molecule has 0 fully saturated rings. The van der Waals surface area contributed by atoms with Crippen LogP contribution in [0, 0.1) is 0 Å². The summed E-state index contributed by atoms with van der Waals surface area (Å²) in [6.45, 7) is 2.23. The normalized spacial score (nSPS) is 14.0. The van der Waals surface area contributed by atoms with Gasteiger partial charge < -0.3 is 14.7 Å². The van der Waals surface area contributed by atoms with Crippen LogP contribution in [0.4, 0.5) is 0 Å². The molecule has 2 aromatic rings. The third kappa shape index (κ3) is 3.35. The van der Waals surface area contributed by atoms with E-state index in [1.807, 2.05) is 41.1 Å². The number of carbonyl (C=O) groups excluding carboxylic acids is 1. The van der Waals surface area contributed by atoms with Crippen molar-refractivity contribution in [2.45, 2.75) is 26.3 Å². The summed E-state index contributed by atoms with van der Waals surface area (Å²) in [4.78, 5) is 14.0. The maximum Gasteiger partial charge on any atom is 0.248 e. The van der Waals surface area contributed by atoms with Gasteiger partial charge in [-0.25, -0.2) is 0 Å². The zero-order valence-corrected chi connectivity index (χ0v) is 12.3. The predicted octanol–water partition coefficient (Wildman–Crippen LogP) is 0.934. The molecule has 0 radical (unpaired) electrons. The van der Waals surface area contributed by atoms with Crippen LogP contribution in [0.3, 0.4) is 0 Å². The molecule has 0 saturated carbocycles. The third-order valence-electron chi connectivity index (χ3n) is 3.70. The average molecular weight is 301 g/mol. The van der Waals surface area contributed by atoms with E-state index in [4.69, 9.17) is 9.84 Å². The van der Waals surface area contributed by atoms with E-state index < -0.39 is 0 Å². The summed E-state index contributed by atoms with van der Waals surface area (Å²) in [6.07, 6.45) is 0. The van der Waals surface area contributed by atoms with Crippen molar-refractivity contribution in [3.8, 4) is 0 Å². The van der Waals surface area contributed by atoms with Crippen molar-refractivity contribution in [1.29, 1.82) is 0 Å². The van der Waals surface area contributed by atoms with Crippen LogP contribution >= 0.6 is 0 Å². The van der Waals surface area contributed by atoms with E-state index >= 15 is 0 Å². The largest absolute Gasteiger partial charge is 0.390 e. The first-order valence-electron chi connectivity index (χ1n) is 7.32. The number of ether oxygens (including phenoxy) is 1. The highest BCUT2D eigenvalue weighted by Gasteiger charge is 2.22. The van der Waals surface area contributed by atoms with Crippen LogP contribution in [0.2, 0.25) is 0 Å². The number of carbonyl (C=O) groups is 1. The van der Waals surface area contributed by atoms with Crippen molar-refractivity contribution >= 4 is 5.91 Å². The molecule has 0 saturated heterocycles. The van der Waals surface area contributed by atoms with Crippen molar-refractivity contribution in [2.24, 2.45) is 0 Å². The number of amides is 1. The van der Waals surface area contributed by atoms with Gasteiger partial charge in [0.15, 0.2) is 0 Å². The molecule has 1 N–H and O–H groups in total. The molecule has 2 heterocycles. The summed E-state index contributed by atoms with van der Waals surface area (Å²) in [5.74, 6) is -0.0195. The molecular weight excluding hydrogens is 282 g/mol. The van der Waals surface area contributed by atoms with E-state index in [-0.39, 0.29) is 19.1 Å².